The van der Waals surface area contributed by atoms with E-state index in [1.807, 2.05) is 12.2 Å². The second kappa shape index (κ2) is 10.5. The molecule has 0 nitrogen and oxygen atoms in total. The van der Waals surface area contributed by atoms with Crippen LogP contribution in [0.2, 0.25) is 0 Å². The maximum atomic E-state index is 3.63. The second-order valence-corrected chi connectivity index (χ2v) is 3.06. The maximum absolute atomic E-state index is 3.63. The zero-order valence-corrected chi connectivity index (χ0v) is 8.26. The number of hydrogen-bond donors (Lipinski definition) is 0. The highest BCUT2D eigenvalue weighted by molar-refractivity contribution is 4.96. The van der Waals surface area contributed by atoms with Crippen LogP contribution in [0.3, 0.4) is 0 Å². The van der Waals surface area contributed by atoms with E-state index in [2.05, 4.69) is 26.0 Å². The quantitative estimate of drug-likeness (QED) is 0.372. The van der Waals surface area contributed by atoms with Crippen molar-refractivity contribution in [1.29, 1.82) is 0 Å². The Labute approximate surface area is 77.4 Å². The predicted molar refractivity (Wildman–Crippen MR) is 57.0 cm³/mol. The molecular formula is C12H21. The van der Waals surface area contributed by atoms with E-state index in [1.165, 1.54) is 38.5 Å². The summed E-state index contributed by atoms with van der Waals surface area (Å²) in [7, 11) is 0. The van der Waals surface area contributed by atoms with Gasteiger partial charge in [-0.3, -0.25) is 0 Å². The van der Waals surface area contributed by atoms with Crippen LogP contribution in [0.4, 0.5) is 0 Å². The summed E-state index contributed by atoms with van der Waals surface area (Å²) in [5.41, 5.74) is 0. The molecule has 12 heavy (non-hydrogen) atoms. The van der Waals surface area contributed by atoms with Crippen LogP contribution in [0, 0.1) is 6.42 Å². The van der Waals surface area contributed by atoms with Gasteiger partial charge in [0.15, 0.2) is 0 Å². The van der Waals surface area contributed by atoms with Gasteiger partial charge < -0.3 is 0 Å². The Morgan fingerprint density at radius 1 is 1.00 bits per heavy atom. The van der Waals surface area contributed by atoms with E-state index in [0.717, 1.165) is 0 Å². The van der Waals surface area contributed by atoms with Gasteiger partial charge in [0.05, 0.1) is 0 Å². The average Bonchev–Trinajstić information content (AvgIpc) is 2.10. The summed E-state index contributed by atoms with van der Waals surface area (Å²) in [6.07, 6.45) is 16.2. The summed E-state index contributed by atoms with van der Waals surface area (Å²) in [5, 5.41) is 0. The minimum atomic E-state index is 1.21. The molecule has 0 fully saturated rings. The van der Waals surface area contributed by atoms with Crippen molar-refractivity contribution in [3.63, 3.8) is 0 Å². The Balaban J connectivity index is 2.90. The summed E-state index contributed by atoms with van der Waals surface area (Å²) in [6.45, 7) is 5.76. The number of allylic oxidation sites excluding steroid dienone is 3. The van der Waals surface area contributed by atoms with E-state index in [4.69, 9.17) is 0 Å². The first-order chi connectivity index (χ1) is 5.91. The molecule has 0 aromatic rings. The minimum absolute atomic E-state index is 1.21. The Bertz CT molecular complexity index is 111. The lowest BCUT2D eigenvalue weighted by atomic mass is 10.1. The molecule has 0 heterocycles. The largest absolute Gasteiger partial charge is 0.0991 e. The van der Waals surface area contributed by atoms with Crippen LogP contribution in [0.15, 0.2) is 24.8 Å². The number of unbranched alkanes of at least 4 members (excludes halogenated alkanes) is 6. The summed E-state index contributed by atoms with van der Waals surface area (Å²) >= 11 is 0. The van der Waals surface area contributed by atoms with Gasteiger partial charge in [-0.25, -0.2) is 0 Å². The zero-order valence-electron chi connectivity index (χ0n) is 8.26. The summed E-state index contributed by atoms with van der Waals surface area (Å²) < 4.78 is 0. The first-order valence-electron chi connectivity index (χ1n) is 4.97. The fourth-order valence-corrected chi connectivity index (χ4v) is 1.16. The van der Waals surface area contributed by atoms with Crippen LogP contribution in [-0.2, 0) is 0 Å². The van der Waals surface area contributed by atoms with Crippen molar-refractivity contribution in [3.05, 3.63) is 31.2 Å². The van der Waals surface area contributed by atoms with E-state index < -0.39 is 0 Å². The monoisotopic (exact) mass is 165 g/mol. The van der Waals surface area contributed by atoms with Crippen molar-refractivity contribution in [2.24, 2.45) is 0 Å². The molecule has 0 N–H and O–H groups in total. The molecule has 1 radical (unpaired) electrons. The third kappa shape index (κ3) is 9.48. The zero-order chi connectivity index (χ0) is 9.07. The van der Waals surface area contributed by atoms with Crippen LogP contribution in [0.5, 0.6) is 0 Å². The van der Waals surface area contributed by atoms with Crippen molar-refractivity contribution in [3.8, 4) is 0 Å². The molecule has 0 aromatic heterocycles. The molecule has 0 atom stereocenters. The van der Waals surface area contributed by atoms with Gasteiger partial charge in [-0.1, -0.05) is 57.4 Å². The smallest absolute Gasteiger partial charge is 0.0348 e. The molecule has 0 rings (SSSR count). The van der Waals surface area contributed by atoms with Gasteiger partial charge >= 0.3 is 0 Å². The fourth-order valence-electron chi connectivity index (χ4n) is 1.16. The molecule has 0 saturated heterocycles. The van der Waals surface area contributed by atoms with Gasteiger partial charge in [0.2, 0.25) is 0 Å². The van der Waals surface area contributed by atoms with E-state index in [9.17, 15) is 0 Å². The molecule has 0 spiro atoms. The first-order valence-corrected chi connectivity index (χ1v) is 4.97. The van der Waals surface area contributed by atoms with Crippen LogP contribution in [0.1, 0.15) is 45.4 Å². The molecule has 0 heteroatoms. The van der Waals surface area contributed by atoms with Gasteiger partial charge in [-0.15, -0.1) is 0 Å². The Morgan fingerprint density at radius 3 is 2.25 bits per heavy atom. The predicted octanol–water partition coefficient (Wildman–Crippen LogP) is 4.29. The molecule has 0 saturated carbocycles. The van der Waals surface area contributed by atoms with E-state index >= 15 is 0 Å². The first kappa shape index (κ1) is 11.5. The lowest BCUT2D eigenvalue weighted by Gasteiger charge is -1.96. The van der Waals surface area contributed by atoms with Gasteiger partial charge in [0.1, 0.15) is 0 Å². The highest BCUT2D eigenvalue weighted by Gasteiger charge is 1.87. The topological polar surface area (TPSA) is 0 Å². The highest BCUT2D eigenvalue weighted by Crippen LogP contribution is 2.06. The van der Waals surface area contributed by atoms with Crippen LogP contribution >= 0.6 is 0 Å². The van der Waals surface area contributed by atoms with Gasteiger partial charge in [-0.05, 0) is 19.3 Å². The molecule has 0 aliphatic carbocycles. The second-order valence-electron chi connectivity index (χ2n) is 3.06. The third-order valence-corrected chi connectivity index (χ3v) is 1.89. The Hall–Kier alpha value is -0.520. The van der Waals surface area contributed by atoms with Gasteiger partial charge in [-0.2, -0.15) is 0 Å². The molecule has 0 aromatic carbocycles. The van der Waals surface area contributed by atoms with Gasteiger partial charge in [0, 0.05) is 0 Å². The van der Waals surface area contributed by atoms with E-state index in [0.29, 0.717) is 0 Å². The lowest BCUT2D eigenvalue weighted by Crippen LogP contribution is -1.77. The van der Waals surface area contributed by atoms with Crippen molar-refractivity contribution in [2.45, 2.75) is 45.4 Å². The normalized spacial score (nSPS) is 10.8. The SMILES string of the molecule is C=C/C=C/CCCCCC[CH]C. The van der Waals surface area contributed by atoms with Gasteiger partial charge in [0.25, 0.3) is 0 Å². The van der Waals surface area contributed by atoms with Crippen molar-refractivity contribution >= 4 is 0 Å². The molecule has 0 unspecified atom stereocenters. The minimum Gasteiger partial charge on any atom is -0.0991 e. The third-order valence-electron chi connectivity index (χ3n) is 1.89. The lowest BCUT2D eigenvalue weighted by molar-refractivity contribution is 0.643. The van der Waals surface area contributed by atoms with E-state index in [-0.39, 0.29) is 0 Å². The standard InChI is InChI=1S/C12H21/c1-3-5-7-9-11-12-10-8-6-4-2/h3-5,7H,1,6,8-12H2,2H3/b7-5+. The molecule has 0 amide bonds. The molecular weight excluding hydrogens is 144 g/mol. The number of rotatable bonds is 8. The maximum Gasteiger partial charge on any atom is -0.0348 e. The van der Waals surface area contributed by atoms with Crippen LogP contribution in [-0.4, -0.2) is 0 Å². The summed E-state index contributed by atoms with van der Waals surface area (Å²) in [5.74, 6) is 0. The number of hydrogen-bond acceptors (Lipinski definition) is 0. The molecule has 0 aliphatic heterocycles. The molecule has 69 valence electrons. The Kier molecular flexibility index (Phi) is 10.0. The molecule has 0 aliphatic rings. The summed E-state index contributed by atoms with van der Waals surface area (Å²) in [6, 6.07) is 0. The highest BCUT2D eigenvalue weighted by atomic mass is 13.9. The average molecular weight is 165 g/mol. The van der Waals surface area contributed by atoms with Crippen LogP contribution in [0.25, 0.3) is 0 Å². The van der Waals surface area contributed by atoms with Crippen molar-refractivity contribution in [1.82, 2.24) is 0 Å². The van der Waals surface area contributed by atoms with Crippen molar-refractivity contribution in [2.75, 3.05) is 0 Å². The Morgan fingerprint density at radius 2 is 1.67 bits per heavy atom. The van der Waals surface area contributed by atoms with Crippen LogP contribution < -0.4 is 0 Å². The fraction of sp³-hybridized carbons (Fsp3) is 0.583. The van der Waals surface area contributed by atoms with E-state index in [1.54, 1.807) is 0 Å². The summed E-state index contributed by atoms with van der Waals surface area (Å²) in [4.78, 5) is 0. The van der Waals surface area contributed by atoms with Crippen molar-refractivity contribution < 1.29 is 0 Å². The molecule has 0 bridgehead atoms.